The third-order valence-electron chi connectivity index (χ3n) is 2.61. The van der Waals surface area contributed by atoms with Crippen molar-refractivity contribution in [3.8, 4) is 5.75 Å². The lowest BCUT2D eigenvalue weighted by molar-refractivity contribution is -0.145. The predicted molar refractivity (Wildman–Crippen MR) is 66.2 cm³/mol. The first-order valence-electron chi connectivity index (χ1n) is 6.24. The first kappa shape index (κ1) is 12.8. The molecule has 0 amide bonds. The molecule has 0 atom stereocenters. The number of hydrogen-bond donors (Lipinski definition) is 1. The number of carbonyl (C=O) groups excluding carboxylic acids is 1. The number of aromatic nitrogens is 1. The molecule has 1 N–H and O–H groups in total. The van der Waals surface area contributed by atoms with Crippen LogP contribution in [0.3, 0.4) is 0 Å². The van der Waals surface area contributed by atoms with Crippen molar-refractivity contribution < 1.29 is 14.3 Å². The summed E-state index contributed by atoms with van der Waals surface area (Å²) in [5.41, 5.74) is 0.977. The van der Waals surface area contributed by atoms with E-state index >= 15 is 0 Å². The topological polar surface area (TPSA) is 60.5 Å². The smallest absolute Gasteiger partial charge is 0.344 e. The van der Waals surface area contributed by atoms with Crippen LogP contribution in [0, 0.1) is 0 Å². The highest BCUT2D eigenvalue weighted by Crippen LogP contribution is 2.19. The van der Waals surface area contributed by atoms with E-state index in [1.54, 1.807) is 13.1 Å². The van der Waals surface area contributed by atoms with Crippen LogP contribution in [0.15, 0.2) is 18.3 Å². The fourth-order valence-electron chi connectivity index (χ4n) is 1.48. The van der Waals surface area contributed by atoms with Crippen molar-refractivity contribution >= 4 is 5.97 Å². The van der Waals surface area contributed by atoms with Crippen LogP contribution in [0.2, 0.25) is 0 Å². The van der Waals surface area contributed by atoms with Crippen molar-refractivity contribution in [2.75, 3.05) is 13.2 Å². The van der Waals surface area contributed by atoms with Crippen LogP contribution in [-0.2, 0) is 16.1 Å². The van der Waals surface area contributed by atoms with Gasteiger partial charge in [-0.15, -0.1) is 0 Å². The van der Waals surface area contributed by atoms with Crippen molar-refractivity contribution in [2.24, 2.45) is 0 Å². The summed E-state index contributed by atoms with van der Waals surface area (Å²) in [5, 5.41) is 3.38. The summed E-state index contributed by atoms with van der Waals surface area (Å²) in [4.78, 5) is 15.4. The number of nitrogens with one attached hydrogen (secondary N) is 1. The molecule has 0 unspecified atom stereocenters. The Balaban J connectivity index is 1.73. The van der Waals surface area contributed by atoms with Gasteiger partial charge in [-0.3, -0.25) is 4.98 Å². The summed E-state index contributed by atoms with van der Waals surface area (Å²) in [6, 6.07) is 4.39. The Labute approximate surface area is 107 Å². The Bertz CT molecular complexity index is 388. The van der Waals surface area contributed by atoms with Crippen molar-refractivity contribution in [3.63, 3.8) is 0 Å². The number of esters is 1. The summed E-state index contributed by atoms with van der Waals surface area (Å²) in [7, 11) is 0. The zero-order valence-corrected chi connectivity index (χ0v) is 10.5. The van der Waals surface area contributed by atoms with Crippen LogP contribution in [-0.4, -0.2) is 30.2 Å². The molecule has 1 aromatic rings. The van der Waals surface area contributed by atoms with Crippen molar-refractivity contribution in [1.82, 2.24) is 10.3 Å². The SMILES string of the molecule is CCOC(=O)COc1ccc(CNC2CC2)nc1. The highest BCUT2D eigenvalue weighted by Gasteiger charge is 2.20. The molecule has 1 aliphatic carbocycles. The summed E-state index contributed by atoms with van der Waals surface area (Å²) in [5.74, 6) is 0.218. The van der Waals surface area contributed by atoms with Gasteiger partial charge < -0.3 is 14.8 Å². The van der Waals surface area contributed by atoms with E-state index in [9.17, 15) is 4.79 Å². The minimum absolute atomic E-state index is 0.0742. The highest BCUT2D eigenvalue weighted by molar-refractivity contribution is 5.71. The quantitative estimate of drug-likeness (QED) is 0.739. The molecule has 2 rings (SSSR count). The number of hydrogen-bond acceptors (Lipinski definition) is 5. The Kier molecular flexibility index (Phi) is 4.52. The lowest BCUT2D eigenvalue weighted by Crippen LogP contribution is -2.16. The Morgan fingerprint density at radius 1 is 1.50 bits per heavy atom. The fraction of sp³-hybridized carbons (Fsp3) is 0.538. The van der Waals surface area contributed by atoms with E-state index < -0.39 is 0 Å². The molecule has 5 nitrogen and oxygen atoms in total. The molecule has 1 saturated carbocycles. The van der Waals surface area contributed by atoms with Crippen molar-refractivity contribution in [2.45, 2.75) is 32.4 Å². The van der Waals surface area contributed by atoms with E-state index in [4.69, 9.17) is 9.47 Å². The second kappa shape index (κ2) is 6.35. The Hall–Kier alpha value is -1.62. The summed E-state index contributed by atoms with van der Waals surface area (Å²) in [6.07, 6.45) is 4.16. The van der Waals surface area contributed by atoms with Gasteiger partial charge in [0.05, 0.1) is 18.5 Å². The van der Waals surface area contributed by atoms with Crippen LogP contribution in [0.1, 0.15) is 25.5 Å². The van der Waals surface area contributed by atoms with E-state index in [1.165, 1.54) is 12.8 Å². The normalized spacial score (nSPS) is 14.3. The molecule has 98 valence electrons. The predicted octanol–water partition coefficient (Wildman–Crippen LogP) is 1.28. The van der Waals surface area contributed by atoms with Gasteiger partial charge >= 0.3 is 5.97 Å². The van der Waals surface area contributed by atoms with Gasteiger partial charge in [0.2, 0.25) is 0 Å². The van der Waals surface area contributed by atoms with Gasteiger partial charge in [-0.2, -0.15) is 0 Å². The van der Waals surface area contributed by atoms with Crippen LogP contribution < -0.4 is 10.1 Å². The number of carbonyl (C=O) groups is 1. The van der Waals surface area contributed by atoms with Gasteiger partial charge in [-0.05, 0) is 31.9 Å². The molecular weight excluding hydrogens is 232 g/mol. The van der Waals surface area contributed by atoms with Crippen LogP contribution in [0.25, 0.3) is 0 Å². The number of pyridine rings is 1. The zero-order valence-electron chi connectivity index (χ0n) is 10.5. The molecule has 0 radical (unpaired) electrons. The second-order valence-corrected chi connectivity index (χ2v) is 4.23. The summed E-state index contributed by atoms with van der Waals surface area (Å²) in [6.45, 7) is 2.84. The van der Waals surface area contributed by atoms with Gasteiger partial charge in [0.25, 0.3) is 0 Å². The molecule has 0 saturated heterocycles. The second-order valence-electron chi connectivity index (χ2n) is 4.23. The van der Waals surface area contributed by atoms with Gasteiger partial charge in [-0.1, -0.05) is 0 Å². The third kappa shape index (κ3) is 4.33. The Morgan fingerprint density at radius 3 is 2.94 bits per heavy atom. The first-order chi connectivity index (χ1) is 8.78. The average molecular weight is 250 g/mol. The maximum Gasteiger partial charge on any atom is 0.344 e. The standard InChI is InChI=1S/C13H18N2O3/c1-2-17-13(16)9-18-12-6-5-11(15-8-12)7-14-10-3-4-10/h5-6,8,10,14H,2-4,7,9H2,1H3. The molecule has 5 heteroatoms. The minimum atomic E-state index is -0.364. The molecular formula is C13H18N2O3. The van der Waals surface area contributed by atoms with Crippen molar-refractivity contribution in [1.29, 1.82) is 0 Å². The monoisotopic (exact) mass is 250 g/mol. The van der Waals surface area contributed by atoms with Crippen molar-refractivity contribution in [3.05, 3.63) is 24.0 Å². The molecule has 0 aromatic carbocycles. The van der Waals surface area contributed by atoms with Gasteiger partial charge in [0, 0.05) is 12.6 Å². The van der Waals surface area contributed by atoms with Crippen LogP contribution in [0.4, 0.5) is 0 Å². The number of rotatable bonds is 7. The maximum absolute atomic E-state index is 11.1. The van der Waals surface area contributed by atoms with E-state index in [0.717, 1.165) is 12.2 Å². The molecule has 0 spiro atoms. The van der Waals surface area contributed by atoms with Gasteiger partial charge in [0.15, 0.2) is 6.61 Å². The first-order valence-corrected chi connectivity index (χ1v) is 6.24. The molecule has 18 heavy (non-hydrogen) atoms. The van der Waals surface area contributed by atoms with Crippen LogP contribution in [0.5, 0.6) is 5.75 Å². The summed E-state index contributed by atoms with van der Waals surface area (Å²) >= 11 is 0. The zero-order chi connectivity index (χ0) is 12.8. The Morgan fingerprint density at radius 2 is 2.33 bits per heavy atom. The number of nitrogens with zero attached hydrogens (tertiary/aromatic N) is 1. The van der Waals surface area contributed by atoms with Gasteiger partial charge in [-0.25, -0.2) is 4.79 Å². The molecule has 0 bridgehead atoms. The molecule has 0 aliphatic heterocycles. The molecule has 1 fully saturated rings. The van der Waals surface area contributed by atoms with E-state index in [-0.39, 0.29) is 12.6 Å². The lowest BCUT2D eigenvalue weighted by Gasteiger charge is -2.06. The number of ether oxygens (including phenoxy) is 2. The maximum atomic E-state index is 11.1. The third-order valence-corrected chi connectivity index (χ3v) is 2.61. The highest BCUT2D eigenvalue weighted by atomic mass is 16.6. The van der Waals surface area contributed by atoms with Gasteiger partial charge in [0.1, 0.15) is 5.75 Å². The largest absolute Gasteiger partial charge is 0.480 e. The average Bonchev–Trinajstić information content (AvgIpc) is 3.19. The summed E-state index contributed by atoms with van der Waals surface area (Å²) < 4.78 is 10.0. The molecule has 1 aliphatic rings. The van der Waals surface area contributed by atoms with E-state index in [2.05, 4.69) is 10.3 Å². The lowest BCUT2D eigenvalue weighted by atomic mass is 10.3. The minimum Gasteiger partial charge on any atom is -0.480 e. The van der Waals surface area contributed by atoms with Crippen LogP contribution >= 0.6 is 0 Å². The fourth-order valence-corrected chi connectivity index (χ4v) is 1.48. The molecule has 1 aromatic heterocycles. The van der Waals surface area contributed by atoms with E-state index in [1.807, 2.05) is 12.1 Å². The van der Waals surface area contributed by atoms with E-state index in [0.29, 0.717) is 18.4 Å². The molecule has 1 heterocycles.